The molecule has 0 amide bonds. The Morgan fingerprint density at radius 2 is 2.29 bits per heavy atom. The zero-order chi connectivity index (χ0) is 11.9. The van der Waals surface area contributed by atoms with Crippen molar-refractivity contribution in [1.29, 1.82) is 0 Å². The molecular weight excluding hydrogens is 280 g/mol. The highest BCUT2D eigenvalue weighted by atomic mass is 79.9. The Hall–Kier alpha value is -0.420. The molecule has 1 aromatic rings. The van der Waals surface area contributed by atoms with E-state index in [1.807, 2.05) is 6.07 Å². The van der Waals surface area contributed by atoms with Gasteiger partial charge in [0.15, 0.2) is 0 Å². The fraction of sp³-hybridized carbons (Fsp3) is 0.538. The van der Waals surface area contributed by atoms with Crippen molar-refractivity contribution in [2.75, 3.05) is 26.2 Å². The standard InChI is InChI=1S/C13H19BrN2O/c14-13-4-2-1-3-11(13)9-15-6-5-12-10-16-7-8-17-12/h1-4,12,15-16H,5-10H2. The van der Waals surface area contributed by atoms with E-state index in [4.69, 9.17) is 4.74 Å². The molecule has 4 heteroatoms. The Morgan fingerprint density at radius 3 is 3.06 bits per heavy atom. The Kier molecular flexibility index (Phi) is 5.45. The highest BCUT2D eigenvalue weighted by molar-refractivity contribution is 9.10. The molecule has 1 aliphatic heterocycles. The molecule has 3 nitrogen and oxygen atoms in total. The predicted molar refractivity (Wildman–Crippen MR) is 73.1 cm³/mol. The maximum absolute atomic E-state index is 5.64. The normalized spacial score (nSPS) is 20.4. The minimum atomic E-state index is 0.371. The van der Waals surface area contributed by atoms with Crippen LogP contribution in [-0.4, -0.2) is 32.3 Å². The lowest BCUT2D eigenvalue weighted by Gasteiger charge is -2.23. The van der Waals surface area contributed by atoms with E-state index < -0.39 is 0 Å². The number of halogens is 1. The summed E-state index contributed by atoms with van der Waals surface area (Å²) in [6.07, 6.45) is 1.44. The van der Waals surface area contributed by atoms with Crippen LogP contribution in [0.2, 0.25) is 0 Å². The zero-order valence-electron chi connectivity index (χ0n) is 9.92. The monoisotopic (exact) mass is 298 g/mol. The van der Waals surface area contributed by atoms with Gasteiger partial charge < -0.3 is 15.4 Å². The van der Waals surface area contributed by atoms with E-state index in [2.05, 4.69) is 44.8 Å². The average molecular weight is 299 g/mol. The average Bonchev–Trinajstić information content (AvgIpc) is 2.38. The SMILES string of the molecule is Brc1ccccc1CNCCC1CNCCO1. The van der Waals surface area contributed by atoms with Crippen molar-refractivity contribution in [2.24, 2.45) is 0 Å². The molecule has 0 bridgehead atoms. The molecule has 1 aromatic carbocycles. The number of hydrogen-bond acceptors (Lipinski definition) is 3. The van der Waals surface area contributed by atoms with Crippen LogP contribution in [0.5, 0.6) is 0 Å². The Balaban J connectivity index is 1.64. The second-order valence-electron chi connectivity index (χ2n) is 4.25. The summed E-state index contributed by atoms with van der Waals surface area (Å²) >= 11 is 3.55. The predicted octanol–water partition coefficient (Wildman–Crippen LogP) is 1.92. The molecule has 0 saturated carbocycles. The summed E-state index contributed by atoms with van der Waals surface area (Å²) in [5, 5.41) is 6.79. The van der Waals surface area contributed by atoms with Gasteiger partial charge in [-0.25, -0.2) is 0 Å². The van der Waals surface area contributed by atoms with Crippen LogP contribution in [0.15, 0.2) is 28.7 Å². The van der Waals surface area contributed by atoms with Crippen molar-refractivity contribution in [3.63, 3.8) is 0 Å². The first-order valence-corrected chi connectivity index (χ1v) is 6.92. The number of morpholine rings is 1. The molecule has 0 radical (unpaired) electrons. The van der Waals surface area contributed by atoms with Crippen molar-refractivity contribution >= 4 is 15.9 Å². The van der Waals surface area contributed by atoms with Crippen LogP contribution in [0.3, 0.4) is 0 Å². The summed E-state index contributed by atoms with van der Waals surface area (Å²) in [6.45, 7) is 4.71. The number of rotatable bonds is 5. The first-order chi connectivity index (χ1) is 8.36. The summed E-state index contributed by atoms with van der Waals surface area (Å²) in [6, 6.07) is 8.31. The van der Waals surface area contributed by atoms with Crippen LogP contribution in [0.25, 0.3) is 0 Å². The van der Waals surface area contributed by atoms with Gasteiger partial charge in [0.2, 0.25) is 0 Å². The third kappa shape index (κ3) is 4.39. The van der Waals surface area contributed by atoms with Crippen molar-refractivity contribution < 1.29 is 4.74 Å². The van der Waals surface area contributed by atoms with E-state index in [1.54, 1.807) is 0 Å². The van der Waals surface area contributed by atoms with Crippen molar-refractivity contribution in [3.05, 3.63) is 34.3 Å². The number of nitrogens with one attached hydrogen (secondary N) is 2. The molecular formula is C13H19BrN2O. The summed E-state index contributed by atoms with van der Waals surface area (Å²) in [5.41, 5.74) is 1.30. The lowest BCUT2D eigenvalue weighted by atomic mass is 10.2. The van der Waals surface area contributed by atoms with E-state index in [1.165, 1.54) is 10.0 Å². The fourth-order valence-electron chi connectivity index (χ4n) is 1.93. The van der Waals surface area contributed by atoms with E-state index >= 15 is 0 Å². The molecule has 1 atom stereocenters. The zero-order valence-corrected chi connectivity index (χ0v) is 11.5. The number of benzene rings is 1. The molecule has 0 spiro atoms. The second kappa shape index (κ2) is 7.11. The molecule has 17 heavy (non-hydrogen) atoms. The third-order valence-electron chi connectivity index (χ3n) is 2.92. The first kappa shape index (κ1) is 13.0. The quantitative estimate of drug-likeness (QED) is 0.815. The van der Waals surface area contributed by atoms with Crippen LogP contribution in [0.4, 0.5) is 0 Å². The van der Waals surface area contributed by atoms with Crippen molar-refractivity contribution in [1.82, 2.24) is 10.6 Å². The molecule has 1 heterocycles. The second-order valence-corrected chi connectivity index (χ2v) is 5.11. The molecule has 2 rings (SSSR count). The van der Waals surface area contributed by atoms with Gasteiger partial charge in [-0.2, -0.15) is 0 Å². The largest absolute Gasteiger partial charge is 0.376 e. The topological polar surface area (TPSA) is 33.3 Å². The lowest BCUT2D eigenvalue weighted by molar-refractivity contribution is 0.0238. The van der Waals surface area contributed by atoms with E-state index in [9.17, 15) is 0 Å². The summed E-state index contributed by atoms with van der Waals surface area (Å²) in [5.74, 6) is 0. The van der Waals surface area contributed by atoms with E-state index in [0.717, 1.165) is 39.2 Å². The lowest BCUT2D eigenvalue weighted by Crippen LogP contribution is -2.39. The van der Waals surface area contributed by atoms with E-state index in [0.29, 0.717) is 6.10 Å². The molecule has 0 aromatic heterocycles. The first-order valence-electron chi connectivity index (χ1n) is 6.12. The molecule has 1 aliphatic rings. The summed E-state index contributed by atoms with van der Waals surface area (Å²) in [4.78, 5) is 0. The van der Waals surface area contributed by atoms with Gasteiger partial charge in [0, 0.05) is 24.1 Å². The Labute approximate surface area is 111 Å². The molecule has 1 unspecified atom stereocenters. The van der Waals surface area contributed by atoms with Gasteiger partial charge in [0.05, 0.1) is 12.7 Å². The van der Waals surface area contributed by atoms with E-state index in [-0.39, 0.29) is 0 Å². The van der Waals surface area contributed by atoms with Gasteiger partial charge >= 0.3 is 0 Å². The van der Waals surface area contributed by atoms with Crippen LogP contribution in [-0.2, 0) is 11.3 Å². The smallest absolute Gasteiger partial charge is 0.0712 e. The highest BCUT2D eigenvalue weighted by Gasteiger charge is 2.12. The minimum absolute atomic E-state index is 0.371. The van der Waals surface area contributed by atoms with Crippen LogP contribution in [0, 0.1) is 0 Å². The fourth-order valence-corrected chi connectivity index (χ4v) is 2.36. The minimum Gasteiger partial charge on any atom is -0.376 e. The summed E-state index contributed by atoms with van der Waals surface area (Å²) in [7, 11) is 0. The number of hydrogen-bond donors (Lipinski definition) is 2. The molecule has 94 valence electrons. The van der Waals surface area contributed by atoms with Gasteiger partial charge in [-0.15, -0.1) is 0 Å². The Bertz CT molecular complexity index is 340. The van der Waals surface area contributed by atoms with Gasteiger partial charge in [0.1, 0.15) is 0 Å². The van der Waals surface area contributed by atoms with Gasteiger partial charge in [0.25, 0.3) is 0 Å². The molecule has 1 fully saturated rings. The van der Waals surface area contributed by atoms with Crippen molar-refractivity contribution in [3.8, 4) is 0 Å². The molecule has 0 aliphatic carbocycles. The number of ether oxygens (including phenoxy) is 1. The van der Waals surface area contributed by atoms with Crippen LogP contribution >= 0.6 is 15.9 Å². The maximum atomic E-state index is 5.64. The third-order valence-corrected chi connectivity index (χ3v) is 3.69. The Morgan fingerprint density at radius 1 is 1.41 bits per heavy atom. The maximum Gasteiger partial charge on any atom is 0.0712 e. The van der Waals surface area contributed by atoms with Gasteiger partial charge in [-0.1, -0.05) is 34.1 Å². The van der Waals surface area contributed by atoms with Crippen LogP contribution < -0.4 is 10.6 Å². The van der Waals surface area contributed by atoms with Crippen LogP contribution in [0.1, 0.15) is 12.0 Å². The molecule has 1 saturated heterocycles. The van der Waals surface area contributed by atoms with Gasteiger partial charge in [-0.05, 0) is 24.6 Å². The summed E-state index contributed by atoms with van der Waals surface area (Å²) < 4.78 is 6.81. The highest BCUT2D eigenvalue weighted by Crippen LogP contribution is 2.15. The molecule has 2 N–H and O–H groups in total. The van der Waals surface area contributed by atoms with Crippen molar-refractivity contribution in [2.45, 2.75) is 19.1 Å². The van der Waals surface area contributed by atoms with Gasteiger partial charge in [-0.3, -0.25) is 0 Å².